The average molecular weight is 1530 g/mol. The van der Waals surface area contributed by atoms with Crippen molar-refractivity contribution in [3.63, 3.8) is 0 Å². The second-order valence-corrected chi connectivity index (χ2v) is 23.9. The zero-order chi connectivity index (χ0) is 81.9. The number of benzene rings is 11. The van der Waals surface area contributed by atoms with Crippen LogP contribution in [0.2, 0.25) is 0 Å². The van der Waals surface area contributed by atoms with E-state index in [9.17, 15) is 0 Å². The predicted octanol–water partition coefficient (Wildman–Crippen LogP) is 25.7. The van der Waals surface area contributed by atoms with Gasteiger partial charge >= 0.3 is 0 Å². The number of ether oxygens (including phenoxy) is 14. The highest BCUT2D eigenvalue weighted by Gasteiger charge is 2.10. The Balaban J connectivity index is 0.000000238. The first kappa shape index (κ1) is 90.6. The third-order valence-corrected chi connectivity index (χ3v) is 16.4. The van der Waals surface area contributed by atoms with E-state index in [0.717, 1.165) is 77.9 Å². The van der Waals surface area contributed by atoms with Crippen LogP contribution in [0.1, 0.15) is 77.9 Å². The maximum atomic E-state index is 5.29. The molecule has 590 valence electrons. The second kappa shape index (κ2) is 56.3. The molecular weight excluding hydrogens is 1430 g/mol. The van der Waals surface area contributed by atoms with Crippen molar-refractivity contribution in [3.05, 3.63) is 476 Å². The molecule has 0 N–H and O–H groups in total. The van der Waals surface area contributed by atoms with Crippen LogP contribution in [0.15, 0.2) is 398 Å². The van der Waals surface area contributed by atoms with E-state index in [1.807, 2.05) is 109 Å². The maximum Gasteiger partial charge on any atom is 0.113 e. The molecule has 0 unspecified atom stereocenters. The van der Waals surface area contributed by atoms with Crippen molar-refractivity contribution in [2.45, 2.75) is 92.5 Å². The number of rotatable bonds is 42. The van der Waals surface area contributed by atoms with Gasteiger partial charge in [0.25, 0.3) is 0 Å². The zero-order valence-electron chi connectivity index (χ0n) is 65.4. The molecule has 0 amide bonds. The van der Waals surface area contributed by atoms with Crippen LogP contribution >= 0.6 is 0 Å². The third kappa shape index (κ3) is 33.5. The summed E-state index contributed by atoms with van der Waals surface area (Å²) >= 11 is 0. The highest BCUT2D eigenvalue weighted by Crippen LogP contribution is 2.28. The molecule has 0 bridgehead atoms. The molecule has 114 heavy (non-hydrogen) atoms. The van der Waals surface area contributed by atoms with Crippen LogP contribution in [0.3, 0.4) is 0 Å². The SMILES string of the molecule is C=COCc1cc2ccccc2cc1COC=C.C=COCc1ccc(COC=C)c2ccccc12.C=COCc1ccc(COC=C)cc1.C=COCc1ccc2ccc(COC=C)cc2c1.C=COCc1cccc(COC=C)c1.C=COCc1cccc2cccc(COC=C)c12.C=COCc1ccccc1COC=C. The Labute approximate surface area is 674 Å². The van der Waals surface area contributed by atoms with Gasteiger partial charge in [-0.2, -0.15) is 0 Å². The minimum atomic E-state index is 0.504. The fraction of sp³-hybridized carbons (Fsp3) is 0.140. The van der Waals surface area contributed by atoms with E-state index in [2.05, 4.69) is 201 Å². The van der Waals surface area contributed by atoms with Crippen LogP contribution < -0.4 is 0 Å². The first-order valence-electron chi connectivity index (χ1n) is 36.4. The summed E-state index contributed by atoms with van der Waals surface area (Å²) in [4.78, 5) is 0. The largest absolute Gasteiger partial charge is 0.497 e. The third-order valence-electron chi connectivity index (χ3n) is 16.4. The molecule has 11 aromatic carbocycles. The highest BCUT2D eigenvalue weighted by atomic mass is 16.5. The van der Waals surface area contributed by atoms with E-state index in [0.29, 0.717) is 92.5 Å². The lowest BCUT2D eigenvalue weighted by atomic mass is 10.00. The molecule has 0 radical (unpaired) electrons. The normalized spacial score (nSPS) is 9.68. The molecule has 11 rings (SSSR count). The molecule has 0 aromatic heterocycles. The first-order valence-corrected chi connectivity index (χ1v) is 36.4. The number of hydrogen-bond acceptors (Lipinski definition) is 14. The maximum absolute atomic E-state index is 5.29. The average Bonchev–Trinajstić information content (AvgIpc) is 0.818. The lowest BCUT2D eigenvalue weighted by Gasteiger charge is -2.11. The van der Waals surface area contributed by atoms with Gasteiger partial charge in [-0.15, -0.1) is 0 Å². The van der Waals surface area contributed by atoms with Gasteiger partial charge in [0.15, 0.2) is 0 Å². The van der Waals surface area contributed by atoms with E-state index in [1.165, 1.54) is 131 Å². The fourth-order valence-electron chi connectivity index (χ4n) is 11.0. The van der Waals surface area contributed by atoms with Gasteiger partial charge in [-0.25, -0.2) is 0 Å². The summed E-state index contributed by atoms with van der Waals surface area (Å²) in [6, 6.07) is 73.7. The molecule has 0 fully saturated rings. The summed E-state index contributed by atoms with van der Waals surface area (Å²) in [6.07, 6.45) is 20.3. The number of fused-ring (bicyclic) bond motifs is 4. The molecule has 0 atom stereocenters. The molecule has 0 aliphatic rings. The Kier molecular flexibility index (Phi) is 44.7. The standard InChI is InChI=1S/4C16H16O2.3C12H14O2/c1-3-17-11-13-5-7-15-8-6-14(12-18-4-2)10-16(15)9-13;1-3-17-11-14-9-5-7-13-8-6-10-15(16(13)14)12-18-4-2;1-3-17-11-15-9-13-7-5-6-8-14(13)10-16(15)12-18-4-2;1-3-17-11-13-9-10-14(12-18-4-2)16-8-6-5-7-15(13)16;1-3-13-9-11-5-7-12(8-6-11)10-14-4-2;1-3-13-9-11-6-5-7-12(8-11)10-14-4-2;1-3-13-9-11-7-5-6-8-12(11)10-14-4-2/h4*3-10H,1-2,11-12H2;3*3-8H,1-2,9-10H2. The molecule has 0 saturated heterocycles. The van der Waals surface area contributed by atoms with E-state index in [-0.39, 0.29) is 0 Å². The monoisotopic (exact) mass is 1530 g/mol. The first-order chi connectivity index (χ1) is 56.0. The fourth-order valence-corrected chi connectivity index (χ4v) is 11.0. The summed E-state index contributed by atoms with van der Waals surface area (Å²) in [5, 5.41) is 9.53. The Hall–Kier alpha value is -14.0. The minimum absolute atomic E-state index is 0.504. The smallest absolute Gasteiger partial charge is 0.113 e. The van der Waals surface area contributed by atoms with Crippen molar-refractivity contribution in [3.8, 4) is 0 Å². The molecule has 14 heteroatoms. The van der Waals surface area contributed by atoms with Crippen LogP contribution in [0.4, 0.5) is 0 Å². The van der Waals surface area contributed by atoms with Gasteiger partial charge in [-0.1, -0.05) is 280 Å². The molecule has 0 spiro atoms. The van der Waals surface area contributed by atoms with E-state index < -0.39 is 0 Å². The molecule has 11 aromatic rings. The van der Waals surface area contributed by atoms with Crippen molar-refractivity contribution < 1.29 is 66.3 Å². The topological polar surface area (TPSA) is 129 Å². The minimum Gasteiger partial charge on any atom is -0.497 e. The second-order valence-electron chi connectivity index (χ2n) is 23.9. The van der Waals surface area contributed by atoms with Gasteiger partial charge in [0.1, 0.15) is 92.5 Å². The Bertz CT molecular complexity index is 4520. The van der Waals surface area contributed by atoms with Crippen molar-refractivity contribution >= 4 is 43.1 Å². The number of hydrogen-bond donors (Lipinski definition) is 0. The van der Waals surface area contributed by atoms with Gasteiger partial charge in [-0.05, 0) is 151 Å². The molecule has 0 heterocycles. The van der Waals surface area contributed by atoms with Gasteiger partial charge in [-0.3, -0.25) is 0 Å². The van der Waals surface area contributed by atoms with Crippen LogP contribution in [0, 0.1) is 0 Å². The highest BCUT2D eigenvalue weighted by molar-refractivity contribution is 5.90. The van der Waals surface area contributed by atoms with Crippen molar-refractivity contribution in [2.24, 2.45) is 0 Å². The van der Waals surface area contributed by atoms with Crippen molar-refractivity contribution in [1.29, 1.82) is 0 Å². The summed E-state index contributed by atoms with van der Waals surface area (Å²) in [5.41, 5.74) is 15.7. The van der Waals surface area contributed by atoms with Crippen LogP contribution in [0.5, 0.6) is 0 Å². The Morgan fingerprint density at radius 3 is 0.746 bits per heavy atom. The summed E-state index contributed by atoms with van der Waals surface area (Å²) in [6.45, 7) is 56.9. The van der Waals surface area contributed by atoms with Crippen molar-refractivity contribution in [2.75, 3.05) is 0 Å². The van der Waals surface area contributed by atoms with E-state index in [4.69, 9.17) is 66.3 Å². The zero-order valence-corrected chi connectivity index (χ0v) is 65.4. The Morgan fingerprint density at radius 2 is 0.404 bits per heavy atom. The van der Waals surface area contributed by atoms with Crippen LogP contribution in [-0.4, -0.2) is 0 Å². The van der Waals surface area contributed by atoms with Crippen molar-refractivity contribution in [1.82, 2.24) is 0 Å². The van der Waals surface area contributed by atoms with E-state index >= 15 is 0 Å². The summed E-state index contributed by atoms with van der Waals surface area (Å²) < 4.78 is 72.6. The van der Waals surface area contributed by atoms with Crippen LogP contribution in [0.25, 0.3) is 43.1 Å². The molecule has 14 nitrogen and oxygen atoms in total. The predicted molar refractivity (Wildman–Crippen MR) is 465 cm³/mol. The Morgan fingerprint density at radius 1 is 0.158 bits per heavy atom. The molecular formula is C100H106O14. The lowest BCUT2D eigenvalue weighted by Crippen LogP contribution is -1.97. The summed E-state index contributed by atoms with van der Waals surface area (Å²) in [5.74, 6) is 0. The van der Waals surface area contributed by atoms with E-state index in [1.54, 1.807) is 0 Å². The molecule has 0 aliphatic carbocycles. The van der Waals surface area contributed by atoms with Crippen LogP contribution in [-0.2, 0) is 159 Å². The summed E-state index contributed by atoms with van der Waals surface area (Å²) in [7, 11) is 0. The lowest BCUT2D eigenvalue weighted by molar-refractivity contribution is 0.219. The van der Waals surface area contributed by atoms with Gasteiger partial charge in [0.2, 0.25) is 0 Å². The molecule has 0 aliphatic heterocycles. The van der Waals surface area contributed by atoms with Gasteiger partial charge in [0, 0.05) is 0 Å². The van der Waals surface area contributed by atoms with Gasteiger partial charge in [0.05, 0.1) is 87.7 Å². The quantitative estimate of drug-likeness (QED) is 0.0337. The van der Waals surface area contributed by atoms with Gasteiger partial charge < -0.3 is 66.3 Å². The molecule has 0 saturated carbocycles.